The molecule has 70 valence electrons. The van der Waals surface area contributed by atoms with Crippen molar-refractivity contribution < 1.29 is 9.90 Å². The summed E-state index contributed by atoms with van der Waals surface area (Å²) >= 11 is 0. The van der Waals surface area contributed by atoms with Crippen LogP contribution in [0.15, 0.2) is 0 Å². The number of aliphatic carboxylic acids is 1. The lowest BCUT2D eigenvalue weighted by atomic mass is 10.2. The summed E-state index contributed by atoms with van der Waals surface area (Å²) in [6.45, 7) is 5.24. The number of carboxylic acids is 1. The van der Waals surface area contributed by atoms with Crippen LogP contribution >= 0.6 is 0 Å². The maximum absolute atomic E-state index is 10.5. The van der Waals surface area contributed by atoms with E-state index >= 15 is 0 Å². The highest BCUT2D eigenvalue weighted by Gasteiger charge is 2.26. The predicted molar refractivity (Wildman–Crippen MR) is 47.1 cm³/mol. The number of nitrogens with zero attached hydrogens (tertiary/aromatic N) is 1. The van der Waals surface area contributed by atoms with Crippen molar-refractivity contribution >= 4 is 5.97 Å². The highest BCUT2D eigenvalue weighted by molar-refractivity contribution is 5.69. The number of hydrogen-bond acceptors (Lipinski definition) is 2. The van der Waals surface area contributed by atoms with E-state index in [2.05, 4.69) is 0 Å². The van der Waals surface area contributed by atoms with Crippen molar-refractivity contribution in [2.75, 3.05) is 13.1 Å². The van der Waals surface area contributed by atoms with Crippen LogP contribution in [0.4, 0.5) is 0 Å². The molecule has 0 aromatic heterocycles. The minimum absolute atomic E-state index is 0.189. The van der Waals surface area contributed by atoms with E-state index < -0.39 is 5.97 Å². The molecule has 0 amide bonds. The molecule has 12 heavy (non-hydrogen) atoms. The largest absolute Gasteiger partial charge is 0.480 e. The van der Waals surface area contributed by atoms with Crippen molar-refractivity contribution in [2.24, 2.45) is 5.92 Å². The zero-order chi connectivity index (χ0) is 9.14. The van der Waals surface area contributed by atoms with Gasteiger partial charge in [0.15, 0.2) is 0 Å². The summed E-state index contributed by atoms with van der Waals surface area (Å²) in [6, 6.07) is 0.349. The fraction of sp³-hybridized carbons (Fsp3) is 0.889. The average molecular weight is 171 g/mol. The van der Waals surface area contributed by atoms with Crippen molar-refractivity contribution in [3.63, 3.8) is 0 Å². The molecule has 1 N–H and O–H groups in total. The number of rotatable bonds is 5. The first-order valence-electron chi connectivity index (χ1n) is 4.55. The quantitative estimate of drug-likeness (QED) is 0.675. The number of carboxylic acid groups (broad SMARTS) is 1. The molecule has 0 radical (unpaired) electrons. The molecule has 0 saturated heterocycles. The minimum Gasteiger partial charge on any atom is -0.480 e. The van der Waals surface area contributed by atoms with Crippen LogP contribution < -0.4 is 0 Å². The fourth-order valence-corrected chi connectivity index (χ4v) is 1.26. The second-order valence-electron chi connectivity index (χ2n) is 3.86. The molecule has 0 spiro atoms. The van der Waals surface area contributed by atoms with Crippen LogP contribution in [0.2, 0.25) is 0 Å². The van der Waals surface area contributed by atoms with E-state index in [1.165, 1.54) is 12.8 Å². The second kappa shape index (κ2) is 3.90. The summed E-state index contributed by atoms with van der Waals surface area (Å²) in [5, 5.41) is 8.62. The van der Waals surface area contributed by atoms with Crippen molar-refractivity contribution in [1.82, 2.24) is 4.90 Å². The third-order valence-electron chi connectivity index (χ3n) is 2.26. The van der Waals surface area contributed by atoms with Gasteiger partial charge < -0.3 is 5.11 Å². The summed E-state index contributed by atoms with van der Waals surface area (Å²) in [4.78, 5) is 12.5. The Labute approximate surface area is 73.4 Å². The van der Waals surface area contributed by atoms with Gasteiger partial charge in [-0.2, -0.15) is 0 Å². The molecule has 3 nitrogen and oxygen atoms in total. The summed E-state index contributed by atoms with van der Waals surface area (Å²) in [6.07, 6.45) is 2.56. The molecule has 0 atom stereocenters. The lowest BCUT2D eigenvalue weighted by Gasteiger charge is -2.24. The molecule has 0 aromatic rings. The van der Waals surface area contributed by atoms with E-state index in [9.17, 15) is 4.79 Å². The van der Waals surface area contributed by atoms with Gasteiger partial charge in [0, 0.05) is 12.6 Å². The van der Waals surface area contributed by atoms with E-state index in [1.807, 2.05) is 18.7 Å². The van der Waals surface area contributed by atoms with Crippen LogP contribution in [-0.4, -0.2) is 35.1 Å². The Morgan fingerprint density at radius 2 is 2.17 bits per heavy atom. The molecule has 0 bridgehead atoms. The Morgan fingerprint density at radius 1 is 1.58 bits per heavy atom. The lowest BCUT2D eigenvalue weighted by molar-refractivity contribution is -0.138. The molecule has 1 aliphatic carbocycles. The number of carbonyl (C=O) groups is 1. The highest BCUT2D eigenvalue weighted by atomic mass is 16.4. The van der Waals surface area contributed by atoms with Crippen LogP contribution in [0.5, 0.6) is 0 Å². The first-order chi connectivity index (χ1) is 5.59. The van der Waals surface area contributed by atoms with Gasteiger partial charge in [-0.3, -0.25) is 9.69 Å². The van der Waals surface area contributed by atoms with Gasteiger partial charge in [-0.15, -0.1) is 0 Å². The van der Waals surface area contributed by atoms with E-state index in [4.69, 9.17) is 5.11 Å². The molecule has 0 aliphatic heterocycles. The Morgan fingerprint density at radius 3 is 2.50 bits per heavy atom. The molecule has 0 aromatic carbocycles. The molecule has 0 heterocycles. The van der Waals surface area contributed by atoms with Gasteiger partial charge in [-0.1, -0.05) is 0 Å². The SMILES string of the molecule is CC(C)N(CC(=O)O)CC1CC1. The summed E-state index contributed by atoms with van der Waals surface area (Å²) in [5.74, 6) is 0.0519. The molecule has 1 aliphatic rings. The monoisotopic (exact) mass is 171 g/mol. The van der Waals surface area contributed by atoms with E-state index in [0.717, 1.165) is 12.5 Å². The first-order valence-corrected chi connectivity index (χ1v) is 4.55. The summed E-state index contributed by atoms with van der Waals surface area (Å²) in [7, 11) is 0. The van der Waals surface area contributed by atoms with Gasteiger partial charge >= 0.3 is 5.97 Å². The molecular formula is C9H17NO2. The van der Waals surface area contributed by atoms with Crippen molar-refractivity contribution in [1.29, 1.82) is 0 Å². The maximum atomic E-state index is 10.5. The summed E-state index contributed by atoms with van der Waals surface area (Å²) < 4.78 is 0. The van der Waals surface area contributed by atoms with Crippen molar-refractivity contribution in [3.05, 3.63) is 0 Å². The van der Waals surface area contributed by atoms with Gasteiger partial charge in [0.25, 0.3) is 0 Å². The third kappa shape index (κ3) is 3.22. The van der Waals surface area contributed by atoms with E-state index in [0.29, 0.717) is 6.04 Å². The molecule has 1 fully saturated rings. The number of hydrogen-bond donors (Lipinski definition) is 1. The van der Waals surface area contributed by atoms with Gasteiger partial charge in [-0.25, -0.2) is 0 Å². The topological polar surface area (TPSA) is 40.5 Å². The Balaban J connectivity index is 2.30. The van der Waals surface area contributed by atoms with Crippen LogP contribution in [0.25, 0.3) is 0 Å². The smallest absolute Gasteiger partial charge is 0.317 e. The van der Waals surface area contributed by atoms with Gasteiger partial charge in [0.1, 0.15) is 0 Å². The predicted octanol–water partition coefficient (Wildman–Crippen LogP) is 1.19. The van der Waals surface area contributed by atoms with Crippen LogP contribution in [0.1, 0.15) is 26.7 Å². The van der Waals surface area contributed by atoms with Gasteiger partial charge in [0.05, 0.1) is 6.54 Å². The maximum Gasteiger partial charge on any atom is 0.317 e. The first kappa shape index (κ1) is 9.52. The standard InChI is InChI=1S/C9H17NO2/c1-7(2)10(6-9(11)12)5-8-3-4-8/h7-8H,3-6H2,1-2H3,(H,11,12). The van der Waals surface area contributed by atoms with Crippen LogP contribution in [0.3, 0.4) is 0 Å². The zero-order valence-corrected chi connectivity index (χ0v) is 7.79. The van der Waals surface area contributed by atoms with Crippen LogP contribution in [0, 0.1) is 5.92 Å². The Hall–Kier alpha value is -0.570. The molecule has 3 heteroatoms. The third-order valence-corrected chi connectivity index (χ3v) is 2.26. The molecular weight excluding hydrogens is 154 g/mol. The average Bonchev–Trinajstić information content (AvgIpc) is 2.68. The van der Waals surface area contributed by atoms with Crippen molar-refractivity contribution in [2.45, 2.75) is 32.7 Å². The lowest BCUT2D eigenvalue weighted by Crippen LogP contribution is -2.37. The Kier molecular flexibility index (Phi) is 3.09. The second-order valence-corrected chi connectivity index (χ2v) is 3.86. The normalized spacial score (nSPS) is 17.3. The molecule has 0 unspecified atom stereocenters. The van der Waals surface area contributed by atoms with Crippen molar-refractivity contribution in [3.8, 4) is 0 Å². The summed E-state index contributed by atoms with van der Waals surface area (Å²) in [5.41, 5.74) is 0. The fourth-order valence-electron chi connectivity index (χ4n) is 1.26. The van der Waals surface area contributed by atoms with Crippen LogP contribution in [-0.2, 0) is 4.79 Å². The van der Waals surface area contributed by atoms with Gasteiger partial charge in [-0.05, 0) is 32.6 Å². The van der Waals surface area contributed by atoms with Gasteiger partial charge in [0.2, 0.25) is 0 Å². The highest BCUT2D eigenvalue weighted by Crippen LogP contribution is 2.30. The molecule has 1 saturated carbocycles. The van der Waals surface area contributed by atoms with E-state index in [1.54, 1.807) is 0 Å². The zero-order valence-electron chi connectivity index (χ0n) is 7.79. The van der Waals surface area contributed by atoms with E-state index in [-0.39, 0.29) is 6.54 Å². The molecule has 1 rings (SSSR count). The minimum atomic E-state index is -0.718. The Bertz CT molecular complexity index is 164.